The lowest BCUT2D eigenvalue weighted by Crippen LogP contribution is -2.36. The number of hydrogen-bond donors (Lipinski definition) is 2. The first-order valence-electron chi connectivity index (χ1n) is 11.9. The smallest absolute Gasteiger partial charge is 0.269 e. The van der Waals surface area contributed by atoms with E-state index in [1.807, 2.05) is 12.1 Å². The van der Waals surface area contributed by atoms with Gasteiger partial charge in [0.1, 0.15) is 22.8 Å². The van der Waals surface area contributed by atoms with Crippen molar-refractivity contribution < 1.29 is 14.3 Å². The highest BCUT2D eigenvalue weighted by atomic mass is 16.5. The van der Waals surface area contributed by atoms with Gasteiger partial charge in [0.25, 0.3) is 5.91 Å². The SMILES string of the molecule is CNC(=O)c1cccc(NC2CCC(Oc3cc(N4CCOCC4)cc4nccnc34)CC2)n1. The molecule has 9 heteroatoms. The summed E-state index contributed by atoms with van der Waals surface area (Å²) >= 11 is 0. The monoisotopic (exact) mass is 462 g/mol. The van der Waals surface area contributed by atoms with Crippen molar-refractivity contribution in [3.63, 3.8) is 0 Å². The lowest BCUT2D eigenvalue weighted by Gasteiger charge is -2.31. The van der Waals surface area contributed by atoms with E-state index in [4.69, 9.17) is 9.47 Å². The zero-order valence-electron chi connectivity index (χ0n) is 19.4. The average Bonchev–Trinajstić information content (AvgIpc) is 2.90. The summed E-state index contributed by atoms with van der Waals surface area (Å²) in [5.41, 5.74) is 3.16. The molecule has 2 aliphatic rings. The van der Waals surface area contributed by atoms with Crippen molar-refractivity contribution in [1.29, 1.82) is 0 Å². The first-order valence-corrected chi connectivity index (χ1v) is 11.9. The fourth-order valence-corrected chi connectivity index (χ4v) is 4.61. The summed E-state index contributed by atoms with van der Waals surface area (Å²) in [7, 11) is 1.61. The molecule has 9 nitrogen and oxygen atoms in total. The minimum atomic E-state index is -0.185. The maximum atomic E-state index is 11.9. The highest BCUT2D eigenvalue weighted by Crippen LogP contribution is 2.33. The Morgan fingerprint density at radius 2 is 1.88 bits per heavy atom. The molecule has 0 radical (unpaired) electrons. The van der Waals surface area contributed by atoms with Crippen molar-refractivity contribution >= 4 is 28.4 Å². The van der Waals surface area contributed by atoms with Gasteiger partial charge in [0.05, 0.1) is 24.8 Å². The van der Waals surface area contributed by atoms with Gasteiger partial charge in [-0.15, -0.1) is 0 Å². The standard InChI is InChI=1S/C25H30N6O3/c1-26-25(32)20-3-2-4-23(30-20)29-17-5-7-19(8-6-17)34-22-16-18(31-11-13-33-14-12-31)15-21-24(22)28-10-9-27-21/h2-4,9-10,15-17,19H,5-8,11-14H2,1H3,(H,26,32)(H,29,30). The number of nitrogens with one attached hydrogen (secondary N) is 2. The van der Waals surface area contributed by atoms with Crippen molar-refractivity contribution in [2.24, 2.45) is 0 Å². The Labute approximate surface area is 198 Å². The van der Waals surface area contributed by atoms with E-state index in [1.54, 1.807) is 25.5 Å². The average molecular weight is 463 g/mol. The van der Waals surface area contributed by atoms with Crippen molar-refractivity contribution in [1.82, 2.24) is 20.3 Å². The van der Waals surface area contributed by atoms with Gasteiger partial charge in [-0.1, -0.05) is 6.07 Å². The second-order valence-corrected chi connectivity index (χ2v) is 8.69. The number of carbonyl (C=O) groups excluding carboxylic acids is 1. The number of aromatic nitrogens is 3. The molecule has 178 valence electrons. The number of pyridine rings is 1. The number of morpholine rings is 1. The first-order chi connectivity index (χ1) is 16.7. The Hall–Kier alpha value is -3.46. The van der Waals surface area contributed by atoms with Gasteiger partial charge < -0.3 is 25.0 Å². The Morgan fingerprint density at radius 1 is 1.09 bits per heavy atom. The Morgan fingerprint density at radius 3 is 2.68 bits per heavy atom. The lowest BCUT2D eigenvalue weighted by atomic mass is 9.93. The number of rotatable bonds is 6. The maximum Gasteiger partial charge on any atom is 0.269 e. The molecule has 5 rings (SSSR count). The van der Waals surface area contributed by atoms with E-state index in [9.17, 15) is 4.79 Å². The number of amides is 1. The summed E-state index contributed by atoms with van der Waals surface area (Å²) in [6, 6.07) is 9.94. The van der Waals surface area contributed by atoms with Crippen LogP contribution in [0.1, 0.15) is 36.2 Å². The second-order valence-electron chi connectivity index (χ2n) is 8.69. The fraction of sp³-hybridized carbons (Fsp3) is 0.440. The highest BCUT2D eigenvalue weighted by Gasteiger charge is 2.24. The van der Waals surface area contributed by atoms with Gasteiger partial charge in [-0.3, -0.25) is 9.78 Å². The third-order valence-corrected chi connectivity index (χ3v) is 6.43. The molecule has 1 saturated heterocycles. The Bertz CT molecular complexity index is 1140. The van der Waals surface area contributed by atoms with Crippen LogP contribution in [-0.4, -0.2) is 66.4 Å². The third kappa shape index (κ3) is 5.04. The van der Waals surface area contributed by atoms with Crippen LogP contribution in [0.4, 0.5) is 11.5 Å². The van der Waals surface area contributed by atoms with Crippen LogP contribution in [-0.2, 0) is 4.74 Å². The molecule has 34 heavy (non-hydrogen) atoms. The number of benzene rings is 1. The Balaban J connectivity index is 1.25. The predicted octanol–water partition coefficient (Wildman–Crippen LogP) is 3.02. The minimum absolute atomic E-state index is 0.119. The second kappa shape index (κ2) is 10.2. The van der Waals surface area contributed by atoms with Crippen molar-refractivity contribution in [2.45, 2.75) is 37.8 Å². The van der Waals surface area contributed by atoms with E-state index in [0.717, 1.165) is 80.3 Å². The number of fused-ring (bicyclic) bond motifs is 1. The van der Waals surface area contributed by atoms with Gasteiger partial charge >= 0.3 is 0 Å². The van der Waals surface area contributed by atoms with E-state index < -0.39 is 0 Å². The van der Waals surface area contributed by atoms with Crippen molar-refractivity contribution in [3.05, 3.63) is 48.4 Å². The summed E-state index contributed by atoms with van der Waals surface area (Å²) in [5, 5.41) is 6.09. The molecule has 1 aromatic carbocycles. The molecular weight excluding hydrogens is 432 g/mol. The van der Waals surface area contributed by atoms with Crippen LogP contribution >= 0.6 is 0 Å². The summed E-state index contributed by atoms with van der Waals surface area (Å²) in [6.07, 6.45) is 7.33. The van der Waals surface area contributed by atoms with Gasteiger partial charge in [-0.2, -0.15) is 0 Å². The molecule has 3 aromatic rings. The first kappa shape index (κ1) is 22.3. The number of nitrogens with zero attached hydrogens (tertiary/aromatic N) is 4. The maximum absolute atomic E-state index is 11.9. The van der Waals surface area contributed by atoms with Crippen LogP contribution in [0.3, 0.4) is 0 Å². The summed E-state index contributed by atoms with van der Waals surface area (Å²) in [4.78, 5) is 27.7. The summed E-state index contributed by atoms with van der Waals surface area (Å²) in [5.74, 6) is 1.34. The molecule has 1 saturated carbocycles. The van der Waals surface area contributed by atoms with Crippen LogP contribution in [0, 0.1) is 0 Å². The van der Waals surface area contributed by atoms with Crippen LogP contribution in [0.5, 0.6) is 5.75 Å². The molecule has 2 fully saturated rings. The van der Waals surface area contributed by atoms with E-state index in [-0.39, 0.29) is 12.0 Å². The topological polar surface area (TPSA) is 102 Å². The largest absolute Gasteiger partial charge is 0.488 e. The van der Waals surface area contributed by atoms with Crippen LogP contribution in [0.25, 0.3) is 11.0 Å². The third-order valence-electron chi connectivity index (χ3n) is 6.43. The fourth-order valence-electron chi connectivity index (χ4n) is 4.61. The number of carbonyl (C=O) groups is 1. The van der Waals surface area contributed by atoms with Gasteiger partial charge in [0.15, 0.2) is 0 Å². The molecule has 1 amide bonds. The number of ether oxygens (including phenoxy) is 2. The van der Waals surface area contributed by atoms with Gasteiger partial charge in [0, 0.05) is 50.3 Å². The van der Waals surface area contributed by atoms with Crippen LogP contribution < -0.4 is 20.3 Å². The molecule has 0 atom stereocenters. The van der Waals surface area contributed by atoms with Crippen LogP contribution in [0.2, 0.25) is 0 Å². The Kier molecular flexibility index (Phi) is 6.71. The normalized spacial score (nSPS) is 20.7. The van der Waals surface area contributed by atoms with Gasteiger partial charge in [-0.25, -0.2) is 9.97 Å². The van der Waals surface area contributed by atoms with E-state index in [1.165, 1.54) is 0 Å². The van der Waals surface area contributed by atoms with E-state index in [2.05, 4.69) is 42.6 Å². The zero-order valence-corrected chi connectivity index (χ0v) is 19.4. The molecule has 2 N–H and O–H groups in total. The molecule has 0 unspecified atom stereocenters. The molecule has 1 aliphatic heterocycles. The van der Waals surface area contributed by atoms with Crippen molar-refractivity contribution in [2.75, 3.05) is 43.6 Å². The highest BCUT2D eigenvalue weighted by molar-refractivity contribution is 5.92. The molecule has 0 spiro atoms. The molecule has 1 aliphatic carbocycles. The molecule has 0 bridgehead atoms. The quantitative estimate of drug-likeness (QED) is 0.577. The van der Waals surface area contributed by atoms with Crippen LogP contribution in [0.15, 0.2) is 42.7 Å². The van der Waals surface area contributed by atoms with Gasteiger partial charge in [-0.05, 0) is 43.9 Å². The summed E-state index contributed by atoms with van der Waals surface area (Å²) in [6.45, 7) is 3.17. The minimum Gasteiger partial charge on any atom is -0.488 e. The zero-order chi connectivity index (χ0) is 23.3. The van der Waals surface area contributed by atoms with E-state index in [0.29, 0.717) is 11.7 Å². The number of anilines is 2. The van der Waals surface area contributed by atoms with Gasteiger partial charge in [0.2, 0.25) is 0 Å². The lowest BCUT2D eigenvalue weighted by molar-refractivity contribution is 0.0958. The predicted molar refractivity (Wildman–Crippen MR) is 130 cm³/mol. The molecular formula is C25H30N6O3. The molecule has 3 heterocycles. The van der Waals surface area contributed by atoms with Crippen molar-refractivity contribution in [3.8, 4) is 5.75 Å². The van der Waals surface area contributed by atoms with E-state index >= 15 is 0 Å². The summed E-state index contributed by atoms with van der Waals surface area (Å²) < 4.78 is 12.0. The molecule has 2 aromatic heterocycles. The number of hydrogen-bond acceptors (Lipinski definition) is 8.